The lowest BCUT2D eigenvalue weighted by Crippen LogP contribution is -2.03. The zero-order valence-corrected chi connectivity index (χ0v) is 7.46. The Morgan fingerprint density at radius 1 is 1.31 bits per heavy atom. The third-order valence-corrected chi connectivity index (χ3v) is 2.10. The minimum Gasteiger partial charge on any atom is -0.478 e. The standard InChI is InChI=1S/C7H2Cl2F2O2/c8-3-1-2(7(12)13)5(10)6(11)4(3)9/h1H,(H,12,13). The van der Waals surface area contributed by atoms with Gasteiger partial charge in [0.25, 0.3) is 0 Å². The summed E-state index contributed by atoms with van der Waals surface area (Å²) in [5, 5.41) is 7.44. The fourth-order valence-corrected chi connectivity index (χ4v) is 1.06. The summed E-state index contributed by atoms with van der Waals surface area (Å²) < 4.78 is 25.6. The molecule has 1 aromatic carbocycles. The van der Waals surface area contributed by atoms with E-state index < -0.39 is 28.2 Å². The van der Waals surface area contributed by atoms with Crippen LogP contribution in [0, 0.1) is 11.6 Å². The second-order valence-corrected chi connectivity index (χ2v) is 2.94. The Labute approximate surface area is 81.7 Å². The molecule has 0 saturated heterocycles. The molecule has 0 aromatic heterocycles. The maximum absolute atomic E-state index is 12.8. The minimum atomic E-state index is -1.60. The van der Waals surface area contributed by atoms with Crippen molar-refractivity contribution in [2.75, 3.05) is 0 Å². The van der Waals surface area contributed by atoms with Gasteiger partial charge in [0.2, 0.25) is 0 Å². The highest BCUT2D eigenvalue weighted by atomic mass is 35.5. The average molecular weight is 227 g/mol. The van der Waals surface area contributed by atoms with Crippen molar-refractivity contribution in [1.82, 2.24) is 0 Å². The molecule has 1 aromatic rings. The Morgan fingerprint density at radius 2 is 1.85 bits per heavy atom. The molecular formula is C7H2Cl2F2O2. The molecular weight excluding hydrogens is 225 g/mol. The lowest BCUT2D eigenvalue weighted by molar-refractivity contribution is 0.0690. The Balaban J connectivity index is 3.50. The molecule has 0 aliphatic heterocycles. The van der Waals surface area contributed by atoms with Crippen LogP contribution in [0.25, 0.3) is 0 Å². The summed E-state index contributed by atoms with van der Waals surface area (Å²) in [6.45, 7) is 0. The highest BCUT2D eigenvalue weighted by molar-refractivity contribution is 6.42. The summed E-state index contributed by atoms with van der Waals surface area (Å²) >= 11 is 10.6. The fraction of sp³-hybridized carbons (Fsp3) is 0. The number of hydrogen-bond donors (Lipinski definition) is 1. The van der Waals surface area contributed by atoms with Gasteiger partial charge in [-0.1, -0.05) is 23.2 Å². The quantitative estimate of drug-likeness (QED) is 0.591. The summed E-state index contributed by atoms with van der Waals surface area (Å²) in [4.78, 5) is 10.3. The summed E-state index contributed by atoms with van der Waals surface area (Å²) in [6.07, 6.45) is 0. The van der Waals surface area contributed by atoms with Crippen LogP contribution < -0.4 is 0 Å². The highest BCUT2D eigenvalue weighted by Crippen LogP contribution is 2.29. The molecule has 6 heteroatoms. The van der Waals surface area contributed by atoms with Gasteiger partial charge in [0.1, 0.15) is 0 Å². The van der Waals surface area contributed by atoms with Crippen LogP contribution in [0.5, 0.6) is 0 Å². The van der Waals surface area contributed by atoms with Crippen LogP contribution in [-0.4, -0.2) is 11.1 Å². The second-order valence-electron chi connectivity index (χ2n) is 2.15. The van der Waals surface area contributed by atoms with E-state index in [0.717, 1.165) is 6.07 Å². The van der Waals surface area contributed by atoms with Gasteiger partial charge in [-0.3, -0.25) is 0 Å². The highest BCUT2D eigenvalue weighted by Gasteiger charge is 2.20. The molecule has 0 bridgehead atoms. The molecule has 1 N–H and O–H groups in total. The third kappa shape index (κ3) is 1.73. The van der Waals surface area contributed by atoms with Gasteiger partial charge in [0.05, 0.1) is 15.6 Å². The molecule has 0 fully saturated rings. The molecule has 0 amide bonds. The monoisotopic (exact) mass is 226 g/mol. The van der Waals surface area contributed by atoms with Gasteiger partial charge in [0.15, 0.2) is 11.6 Å². The smallest absolute Gasteiger partial charge is 0.338 e. The van der Waals surface area contributed by atoms with Gasteiger partial charge >= 0.3 is 5.97 Å². The normalized spacial score (nSPS) is 10.2. The predicted octanol–water partition coefficient (Wildman–Crippen LogP) is 2.97. The zero-order valence-electron chi connectivity index (χ0n) is 5.94. The molecule has 0 radical (unpaired) electrons. The molecule has 2 nitrogen and oxygen atoms in total. The molecule has 70 valence electrons. The van der Waals surface area contributed by atoms with Gasteiger partial charge < -0.3 is 5.11 Å². The van der Waals surface area contributed by atoms with Crippen molar-refractivity contribution in [3.63, 3.8) is 0 Å². The first-order chi connectivity index (χ1) is 5.95. The summed E-state index contributed by atoms with van der Waals surface area (Å²) in [5.41, 5.74) is -0.841. The molecule has 0 aliphatic carbocycles. The van der Waals surface area contributed by atoms with E-state index in [9.17, 15) is 13.6 Å². The van der Waals surface area contributed by atoms with E-state index >= 15 is 0 Å². The summed E-state index contributed by atoms with van der Waals surface area (Å²) in [6, 6.07) is 0.755. The molecule has 0 atom stereocenters. The summed E-state index contributed by atoms with van der Waals surface area (Å²) in [7, 11) is 0. The third-order valence-electron chi connectivity index (χ3n) is 1.33. The van der Waals surface area contributed by atoms with Crippen LogP contribution in [0.4, 0.5) is 8.78 Å². The number of benzene rings is 1. The number of hydrogen-bond acceptors (Lipinski definition) is 1. The van der Waals surface area contributed by atoms with E-state index in [4.69, 9.17) is 28.3 Å². The van der Waals surface area contributed by atoms with E-state index in [1.54, 1.807) is 0 Å². The van der Waals surface area contributed by atoms with Crippen LogP contribution in [0.15, 0.2) is 6.07 Å². The Morgan fingerprint density at radius 3 is 2.31 bits per heavy atom. The van der Waals surface area contributed by atoms with Crippen molar-refractivity contribution in [3.8, 4) is 0 Å². The molecule has 0 aliphatic rings. The van der Waals surface area contributed by atoms with E-state index in [0.29, 0.717) is 0 Å². The molecule has 0 heterocycles. The zero-order chi connectivity index (χ0) is 10.2. The van der Waals surface area contributed by atoms with Crippen molar-refractivity contribution in [3.05, 3.63) is 33.3 Å². The number of halogens is 4. The van der Waals surface area contributed by atoms with E-state index in [1.807, 2.05) is 0 Å². The van der Waals surface area contributed by atoms with Crippen LogP contribution in [0.3, 0.4) is 0 Å². The van der Waals surface area contributed by atoms with Crippen LogP contribution in [0.2, 0.25) is 10.0 Å². The lowest BCUT2D eigenvalue weighted by Gasteiger charge is -2.02. The molecule has 1 rings (SSSR count). The van der Waals surface area contributed by atoms with Gasteiger partial charge in [-0.05, 0) is 6.07 Å². The maximum Gasteiger partial charge on any atom is 0.338 e. The molecule has 0 spiro atoms. The van der Waals surface area contributed by atoms with E-state index in [1.165, 1.54) is 0 Å². The maximum atomic E-state index is 12.8. The lowest BCUT2D eigenvalue weighted by atomic mass is 10.2. The molecule has 13 heavy (non-hydrogen) atoms. The van der Waals surface area contributed by atoms with Crippen molar-refractivity contribution < 1.29 is 18.7 Å². The Kier molecular flexibility index (Phi) is 2.73. The van der Waals surface area contributed by atoms with Gasteiger partial charge in [0, 0.05) is 0 Å². The van der Waals surface area contributed by atoms with Crippen molar-refractivity contribution >= 4 is 29.2 Å². The second kappa shape index (κ2) is 3.47. The van der Waals surface area contributed by atoms with Gasteiger partial charge in [-0.15, -0.1) is 0 Å². The van der Waals surface area contributed by atoms with Crippen molar-refractivity contribution in [1.29, 1.82) is 0 Å². The first kappa shape index (κ1) is 10.2. The van der Waals surface area contributed by atoms with Crippen molar-refractivity contribution in [2.24, 2.45) is 0 Å². The fourth-order valence-electron chi connectivity index (χ4n) is 0.728. The SMILES string of the molecule is O=C(O)c1cc(Cl)c(Cl)c(F)c1F. The predicted molar refractivity (Wildman–Crippen MR) is 43.3 cm³/mol. The minimum absolute atomic E-state index is 0.335. The largest absolute Gasteiger partial charge is 0.478 e. The van der Waals surface area contributed by atoms with E-state index in [-0.39, 0.29) is 5.02 Å². The van der Waals surface area contributed by atoms with Crippen LogP contribution in [-0.2, 0) is 0 Å². The van der Waals surface area contributed by atoms with E-state index in [2.05, 4.69) is 0 Å². The van der Waals surface area contributed by atoms with Crippen LogP contribution in [0.1, 0.15) is 10.4 Å². The van der Waals surface area contributed by atoms with Crippen LogP contribution >= 0.6 is 23.2 Å². The topological polar surface area (TPSA) is 37.3 Å². The molecule has 0 unspecified atom stereocenters. The number of aromatic carboxylic acids is 1. The van der Waals surface area contributed by atoms with Gasteiger partial charge in [-0.2, -0.15) is 0 Å². The first-order valence-electron chi connectivity index (χ1n) is 3.01. The first-order valence-corrected chi connectivity index (χ1v) is 3.77. The Hall–Kier alpha value is -0.870. The van der Waals surface area contributed by atoms with Crippen molar-refractivity contribution in [2.45, 2.75) is 0 Å². The number of rotatable bonds is 1. The number of carbonyl (C=O) groups is 1. The number of carboxylic acid groups (broad SMARTS) is 1. The summed E-state index contributed by atoms with van der Waals surface area (Å²) in [5.74, 6) is -4.57. The Bertz CT molecular complexity index is 379. The van der Waals surface area contributed by atoms with Gasteiger partial charge in [-0.25, -0.2) is 13.6 Å². The molecule has 0 saturated carbocycles. The number of carboxylic acids is 1. The average Bonchev–Trinajstić information content (AvgIpc) is 2.07.